The summed E-state index contributed by atoms with van der Waals surface area (Å²) in [5.74, 6) is 0.417. The predicted molar refractivity (Wildman–Crippen MR) is 74.4 cm³/mol. The van der Waals surface area contributed by atoms with Crippen LogP contribution >= 0.6 is 11.6 Å². The van der Waals surface area contributed by atoms with Gasteiger partial charge in [-0.1, -0.05) is 11.6 Å². The molecule has 7 nitrogen and oxygen atoms in total. The number of aromatic nitrogens is 1. The molecule has 1 atom stereocenters. The molecule has 1 aromatic heterocycles. The van der Waals surface area contributed by atoms with Crippen molar-refractivity contribution in [2.24, 2.45) is 0 Å². The Labute approximate surface area is 122 Å². The van der Waals surface area contributed by atoms with Gasteiger partial charge in [-0.25, -0.2) is 13.4 Å². The molecule has 112 valence electrons. The van der Waals surface area contributed by atoms with Crippen LogP contribution in [-0.2, 0) is 14.8 Å². The number of ether oxygens (including phenoxy) is 1. The van der Waals surface area contributed by atoms with Gasteiger partial charge in [-0.15, -0.1) is 0 Å². The fraction of sp³-hybridized carbons (Fsp3) is 0.545. The number of hydrogen-bond acceptors (Lipinski definition) is 6. The molecule has 1 aliphatic heterocycles. The maximum absolute atomic E-state index is 12.5. The molecule has 0 aliphatic carbocycles. The molecule has 1 fully saturated rings. The van der Waals surface area contributed by atoms with Gasteiger partial charge in [0.2, 0.25) is 10.0 Å². The van der Waals surface area contributed by atoms with E-state index >= 15 is 0 Å². The van der Waals surface area contributed by atoms with Crippen molar-refractivity contribution in [2.75, 3.05) is 38.7 Å². The van der Waals surface area contributed by atoms with Crippen molar-refractivity contribution < 1.29 is 18.3 Å². The van der Waals surface area contributed by atoms with E-state index in [1.807, 2.05) is 0 Å². The zero-order valence-electron chi connectivity index (χ0n) is 10.9. The highest BCUT2D eigenvalue weighted by molar-refractivity contribution is 7.89. The Morgan fingerprint density at radius 2 is 2.40 bits per heavy atom. The minimum Gasteiger partial charge on any atom is -0.394 e. The van der Waals surface area contributed by atoms with E-state index in [2.05, 4.69) is 10.3 Å². The highest BCUT2D eigenvalue weighted by Gasteiger charge is 2.31. The first-order valence-electron chi connectivity index (χ1n) is 6.05. The van der Waals surface area contributed by atoms with E-state index in [9.17, 15) is 8.42 Å². The first-order valence-corrected chi connectivity index (χ1v) is 7.86. The number of halogens is 1. The Morgan fingerprint density at radius 3 is 3.00 bits per heavy atom. The van der Waals surface area contributed by atoms with Crippen molar-refractivity contribution in [3.63, 3.8) is 0 Å². The first-order chi connectivity index (χ1) is 9.48. The van der Waals surface area contributed by atoms with E-state index in [0.29, 0.717) is 5.82 Å². The zero-order chi connectivity index (χ0) is 14.8. The standard InChI is InChI=1S/C11H16ClN3O4S/c1-13-11-10(12)4-9(5-14-11)20(17,18)15-2-3-19-8(6-15)7-16/h4-5,8,16H,2-3,6-7H2,1H3,(H,13,14). The molecule has 0 amide bonds. The lowest BCUT2D eigenvalue weighted by Gasteiger charge is -2.31. The topological polar surface area (TPSA) is 91.8 Å². The van der Waals surface area contributed by atoms with Crippen LogP contribution < -0.4 is 5.32 Å². The molecule has 1 aliphatic rings. The fourth-order valence-corrected chi connectivity index (χ4v) is 3.67. The van der Waals surface area contributed by atoms with Crippen LogP contribution in [0.15, 0.2) is 17.2 Å². The fourth-order valence-electron chi connectivity index (χ4n) is 1.92. The van der Waals surface area contributed by atoms with Gasteiger partial charge in [0, 0.05) is 26.3 Å². The van der Waals surface area contributed by atoms with E-state index in [0.717, 1.165) is 0 Å². The lowest BCUT2D eigenvalue weighted by atomic mass is 10.3. The zero-order valence-corrected chi connectivity index (χ0v) is 12.5. The summed E-state index contributed by atoms with van der Waals surface area (Å²) in [6.07, 6.45) is 0.759. The average Bonchev–Trinajstić information content (AvgIpc) is 2.47. The van der Waals surface area contributed by atoms with Gasteiger partial charge in [0.25, 0.3) is 0 Å². The van der Waals surface area contributed by atoms with Crippen LogP contribution in [-0.4, -0.2) is 62.3 Å². The maximum Gasteiger partial charge on any atom is 0.244 e. The molecule has 1 unspecified atom stereocenters. The van der Waals surface area contributed by atoms with Crippen LogP contribution in [0.1, 0.15) is 0 Å². The summed E-state index contributed by atoms with van der Waals surface area (Å²) in [5.41, 5.74) is 0. The van der Waals surface area contributed by atoms with Crippen LogP contribution in [0, 0.1) is 0 Å². The molecule has 2 N–H and O–H groups in total. The van der Waals surface area contributed by atoms with Gasteiger partial charge in [-0.3, -0.25) is 0 Å². The molecule has 1 saturated heterocycles. The highest BCUT2D eigenvalue weighted by atomic mass is 35.5. The highest BCUT2D eigenvalue weighted by Crippen LogP contribution is 2.25. The average molecular weight is 322 g/mol. The number of morpholine rings is 1. The second kappa shape index (κ2) is 6.23. The predicted octanol–water partition coefficient (Wildman–Crippen LogP) is 0.159. The molecule has 1 aromatic rings. The summed E-state index contributed by atoms with van der Waals surface area (Å²) in [7, 11) is -2.04. The molecule has 0 spiro atoms. The van der Waals surface area contributed by atoms with Crippen molar-refractivity contribution in [3.8, 4) is 0 Å². The smallest absolute Gasteiger partial charge is 0.244 e. The first kappa shape index (κ1) is 15.5. The Bertz CT molecular complexity index is 581. The monoisotopic (exact) mass is 321 g/mol. The molecule has 0 saturated carbocycles. The van der Waals surface area contributed by atoms with Crippen LogP contribution in [0.3, 0.4) is 0 Å². The third-order valence-electron chi connectivity index (χ3n) is 3.00. The number of pyridine rings is 1. The van der Waals surface area contributed by atoms with E-state index < -0.39 is 16.1 Å². The SMILES string of the molecule is CNc1ncc(S(=O)(=O)N2CCOC(CO)C2)cc1Cl. The van der Waals surface area contributed by atoms with Gasteiger partial charge in [-0.05, 0) is 6.07 Å². The van der Waals surface area contributed by atoms with Crippen LogP contribution in [0.25, 0.3) is 0 Å². The minimum atomic E-state index is -3.69. The molecule has 9 heteroatoms. The van der Waals surface area contributed by atoms with Gasteiger partial charge in [0.05, 0.1) is 24.3 Å². The van der Waals surface area contributed by atoms with Gasteiger partial charge >= 0.3 is 0 Å². The number of hydrogen-bond donors (Lipinski definition) is 2. The molecule has 0 radical (unpaired) electrons. The van der Waals surface area contributed by atoms with Gasteiger partial charge in [0.1, 0.15) is 10.7 Å². The molecule has 2 rings (SSSR count). The number of aliphatic hydroxyl groups is 1. The third kappa shape index (κ3) is 3.04. The van der Waals surface area contributed by atoms with Gasteiger partial charge in [0.15, 0.2) is 0 Å². The molecule has 0 bridgehead atoms. The quantitative estimate of drug-likeness (QED) is 0.820. The normalized spacial score (nSPS) is 20.9. The summed E-state index contributed by atoms with van der Waals surface area (Å²) in [6.45, 7) is 0.387. The summed E-state index contributed by atoms with van der Waals surface area (Å²) in [5, 5.41) is 12.1. The summed E-state index contributed by atoms with van der Waals surface area (Å²) in [4.78, 5) is 4.00. The lowest BCUT2D eigenvalue weighted by Crippen LogP contribution is -2.46. The molecule has 0 aromatic carbocycles. The number of rotatable bonds is 4. The molecule has 2 heterocycles. The molecular weight excluding hydrogens is 306 g/mol. The Hall–Kier alpha value is -0.930. The van der Waals surface area contributed by atoms with Crippen LogP contribution in [0.4, 0.5) is 5.82 Å². The van der Waals surface area contributed by atoms with E-state index in [-0.39, 0.29) is 36.2 Å². The van der Waals surface area contributed by atoms with E-state index in [4.69, 9.17) is 21.4 Å². The number of nitrogens with one attached hydrogen (secondary N) is 1. The van der Waals surface area contributed by atoms with Crippen molar-refractivity contribution >= 4 is 27.4 Å². The van der Waals surface area contributed by atoms with Crippen LogP contribution in [0.5, 0.6) is 0 Å². The number of sulfonamides is 1. The van der Waals surface area contributed by atoms with Crippen molar-refractivity contribution in [3.05, 3.63) is 17.3 Å². The van der Waals surface area contributed by atoms with Crippen LogP contribution in [0.2, 0.25) is 5.02 Å². The van der Waals surface area contributed by atoms with E-state index in [1.165, 1.54) is 16.6 Å². The molecule has 20 heavy (non-hydrogen) atoms. The number of anilines is 1. The minimum absolute atomic E-state index is 0.0279. The lowest BCUT2D eigenvalue weighted by molar-refractivity contribution is -0.0304. The van der Waals surface area contributed by atoms with E-state index in [1.54, 1.807) is 7.05 Å². The number of aliphatic hydroxyl groups excluding tert-OH is 1. The Balaban J connectivity index is 2.28. The second-order valence-electron chi connectivity index (χ2n) is 4.29. The molecular formula is C11H16ClN3O4S. The maximum atomic E-state index is 12.5. The van der Waals surface area contributed by atoms with Crippen molar-refractivity contribution in [2.45, 2.75) is 11.0 Å². The van der Waals surface area contributed by atoms with Crippen molar-refractivity contribution in [1.29, 1.82) is 0 Å². The largest absolute Gasteiger partial charge is 0.394 e. The Kier molecular flexibility index (Phi) is 4.82. The van der Waals surface area contributed by atoms with Crippen molar-refractivity contribution in [1.82, 2.24) is 9.29 Å². The Morgan fingerprint density at radius 1 is 1.65 bits per heavy atom. The third-order valence-corrected chi connectivity index (χ3v) is 5.11. The second-order valence-corrected chi connectivity index (χ2v) is 6.64. The summed E-state index contributed by atoms with van der Waals surface area (Å²) in [6, 6.07) is 1.36. The summed E-state index contributed by atoms with van der Waals surface area (Å²) < 4.78 is 31.4. The van der Waals surface area contributed by atoms with Gasteiger partial charge in [-0.2, -0.15) is 4.31 Å². The number of nitrogens with zero attached hydrogens (tertiary/aromatic N) is 2. The van der Waals surface area contributed by atoms with Gasteiger partial charge < -0.3 is 15.2 Å². The summed E-state index contributed by atoms with van der Waals surface area (Å²) >= 11 is 5.96.